The summed E-state index contributed by atoms with van der Waals surface area (Å²) in [6.45, 7) is 2.78. The minimum atomic E-state index is -4.41. The van der Waals surface area contributed by atoms with Crippen LogP contribution in [-0.2, 0) is 19.1 Å². The zero-order valence-electron chi connectivity index (χ0n) is 14.8. The van der Waals surface area contributed by atoms with Crippen LogP contribution in [0.4, 0.5) is 13.2 Å². The van der Waals surface area contributed by atoms with Crippen molar-refractivity contribution in [1.29, 1.82) is 0 Å². The van der Waals surface area contributed by atoms with Gasteiger partial charge in [0.25, 0.3) is 0 Å². The summed E-state index contributed by atoms with van der Waals surface area (Å²) in [5.74, 6) is 1.35. The van der Waals surface area contributed by atoms with Gasteiger partial charge >= 0.3 is 6.18 Å². The van der Waals surface area contributed by atoms with E-state index in [9.17, 15) is 13.2 Å². The number of aromatic nitrogens is 1. The molecule has 0 saturated heterocycles. The van der Waals surface area contributed by atoms with E-state index in [2.05, 4.69) is 20.6 Å². The van der Waals surface area contributed by atoms with Crippen molar-refractivity contribution in [2.45, 2.75) is 26.1 Å². The molecule has 142 valence electrons. The summed E-state index contributed by atoms with van der Waals surface area (Å²) in [7, 11) is 3.24. The number of hydrogen-bond acceptors (Lipinski definition) is 4. The van der Waals surface area contributed by atoms with Gasteiger partial charge in [-0.15, -0.1) is 11.3 Å². The van der Waals surface area contributed by atoms with E-state index in [0.717, 1.165) is 40.0 Å². The zero-order valence-corrected chi connectivity index (χ0v) is 15.6. The first kappa shape index (κ1) is 20.0. The lowest BCUT2D eigenvalue weighted by atomic mass is 10.1. The molecule has 1 aromatic heterocycles. The maximum atomic E-state index is 12.6. The number of ether oxygens (including phenoxy) is 1. The molecule has 0 unspecified atom stereocenters. The predicted molar refractivity (Wildman–Crippen MR) is 96.8 cm³/mol. The van der Waals surface area contributed by atoms with Crippen LogP contribution in [-0.4, -0.2) is 31.6 Å². The topological polar surface area (TPSA) is 58.5 Å². The quantitative estimate of drug-likeness (QED) is 0.590. The van der Waals surface area contributed by atoms with Gasteiger partial charge in [-0.05, 0) is 30.5 Å². The molecule has 0 radical (unpaired) electrons. The van der Waals surface area contributed by atoms with Gasteiger partial charge < -0.3 is 15.4 Å². The van der Waals surface area contributed by atoms with Crippen molar-refractivity contribution in [3.8, 4) is 5.75 Å². The highest BCUT2D eigenvalue weighted by molar-refractivity contribution is 7.09. The van der Waals surface area contributed by atoms with Gasteiger partial charge in [-0.25, -0.2) is 4.98 Å². The summed E-state index contributed by atoms with van der Waals surface area (Å²) in [5, 5.41) is 7.46. The molecule has 0 saturated carbocycles. The molecule has 2 N–H and O–H groups in total. The summed E-state index contributed by atoms with van der Waals surface area (Å²) in [6, 6.07) is 6.02. The molecule has 0 aliphatic carbocycles. The first-order valence-electron chi connectivity index (χ1n) is 7.93. The fraction of sp³-hybridized carbons (Fsp3) is 0.412. The van der Waals surface area contributed by atoms with E-state index in [1.54, 1.807) is 14.2 Å². The fourth-order valence-corrected chi connectivity index (χ4v) is 2.99. The third kappa shape index (κ3) is 5.62. The Labute approximate surface area is 154 Å². The van der Waals surface area contributed by atoms with E-state index in [1.165, 1.54) is 0 Å². The summed E-state index contributed by atoms with van der Waals surface area (Å²) in [6.07, 6.45) is -3.66. The SMILES string of the molecule is CN=C(NCCc1ccc(C)c(OC)c1)NCc1nc(C(F)(F)F)cs1. The van der Waals surface area contributed by atoms with Crippen LogP contribution in [0.15, 0.2) is 28.6 Å². The monoisotopic (exact) mass is 386 g/mol. The molecule has 5 nitrogen and oxygen atoms in total. The van der Waals surface area contributed by atoms with Crippen molar-refractivity contribution in [2.24, 2.45) is 4.99 Å². The molecule has 0 aliphatic rings. The highest BCUT2D eigenvalue weighted by atomic mass is 32.1. The standard InChI is InChI=1S/C17H21F3N4OS/c1-11-4-5-12(8-13(11)25-3)6-7-22-16(21-2)23-9-15-24-14(10-26-15)17(18,19)20/h4-5,8,10H,6-7,9H2,1-3H3,(H2,21,22,23). The van der Waals surface area contributed by atoms with Gasteiger partial charge in [0.15, 0.2) is 11.7 Å². The van der Waals surface area contributed by atoms with Gasteiger partial charge in [0.2, 0.25) is 0 Å². The van der Waals surface area contributed by atoms with Gasteiger partial charge in [0.1, 0.15) is 10.8 Å². The molecule has 0 amide bonds. The highest BCUT2D eigenvalue weighted by Gasteiger charge is 2.33. The molecule has 2 rings (SSSR count). The van der Waals surface area contributed by atoms with E-state index in [4.69, 9.17) is 4.74 Å². The first-order chi connectivity index (χ1) is 12.3. The Bertz CT molecular complexity index is 759. The second-order valence-corrected chi connectivity index (χ2v) is 6.47. The van der Waals surface area contributed by atoms with Crippen LogP contribution in [0.3, 0.4) is 0 Å². The van der Waals surface area contributed by atoms with Crippen LogP contribution in [0.1, 0.15) is 21.8 Å². The predicted octanol–water partition coefficient (Wildman–Crippen LogP) is 3.39. The number of hydrogen-bond donors (Lipinski definition) is 2. The van der Waals surface area contributed by atoms with Crippen molar-refractivity contribution >= 4 is 17.3 Å². The minimum absolute atomic E-state index is 0.179. The van der Waals surface area contributed by atoms with Gasteiger partial charge in [-0.3, -0.25) is 4.99 Å². The zero-order chi connectivity index (χ0) is 19.2. The van der Waals surface area contributed by atoms with Crippen LogP contribution >= 0.6 is 11.3 Å². The van der Waals surface area contributed by atoms with Crippen LogP contribution in [0.5, 0.6) is 5.75 Å². The molecule has 0 spiro atoms. The molecule has 1 heterocycles. The Morgan fingerprint density at radius 1 is 1.31 bits per heavy atom. The lowest BCUT2D eigenvalue weighted by Gasteiger charge is -2.12. The van der Waals surface area contributed by atoms with Crippen molar-refractivity contribution in [3.05, 3.63) is 45.4 Å². The summed E-state index contributed by atoms with van der Waals surface area (Å²) < 4.78 is 43.0. The Morgan fingerprint density at radius 3 is 2.69 bits per heavy atom. The highest BCUT2D eigenvalue weighted by Crippen LogP contribution is 2.29. The second-order valence-electron chi connectivity index (χ2n) is 5.53. The largest absolute Gasteiger partial charge is 0.496 e. The number of alkyl halides is 3. The van der Waals surface area contributed by atoms with Gasteiger partial charge in [0, 0.05) is 19.0 Å². The summed E-state index contributed by atoms with van der Waals surface area (Å²) in [4.78, 5) is 7.64. The molecular weight excluding hydrogens is 365 g/mol. The van der Waals surface area contributed by atoms with Crippen molar-refractivity contribution in [2.75, 3.05) is 20.7 Å². The smallest absolute Gasteiger partial charge is 0.434 e. The number of halogens is 3. The van der Waals surface area contributed by atoms with E-state index in [1.807, 2.05) is 25.1 Å². The van der Waals surface area contributed by atoms with Gasteiger partial charge in [-0.2, -0.15) is 13.2 Å². The first-order valence-corrected chi connectivity index (χ1v) is 8.81. The Balaban J connectivity index is 1.82. The number of thiazole rings is 1. The molecule has 1 aromatic carbocycles. The number of methoxy groups -OCH3 is 1. The third-order valence-electron chi connectivity index (χ3n) is 3.65. The maximum Gasteiger partial charge on any atom is 0.434 e. The van der Waals surface area contributed by atoms with Crippen molar-refractivity contribution < 1.29 is 17.9 Å². The van der Waals surface area contributed by atoms with E-state index < -0.39 is 11.9 Å². The van der Waals surface area contributed by atoms with Crippen molar-refractivity contribution in [1.82, 2.24) is 15.6 Å². The third-order valence-corrected chi connectivity index (χ3v) is 4.50. The van der Waals surface area contributed by atoms with Gasteiger partial charge in [0.05, 0.1) is 13.7 Å². The van der Waals surface area contributed by atoms with Crippen LogP contribution in [0, 0.1) is 6.92 Å². The average molecular weight is 386 g/mol. The minimum Gasteiger partial charge on any atom is -0.496 e. The molecule has 9 heteroatoms. The Hall–Kier alpha value is -2.29. The van der Waals surface area contributed by atoms with Crippen LogP contribution < -0.4 is 15.4 Å². The number of rotatable bonds is 6. The van der Waals surface area contributed by atoms with E-state index in [-0.39, 0.29) is 6.54 Å². The molecule has 2 aromatic rings. The van der Waals surface area contributed by atoms with Gasteiger partial charge in [-0.1, -0.05) is 12.1 Å². The lowest BCUT2D eigenvalue weighted by Crippen LogP contribution is -2.37. The molecular formula is C17H21F3N4OS. The van der Waals surface area contributed by atoms with Crippen LogP contribution in [0.2, 0.25) is 0 Å². The molecule has 26 heavy (non-hydrogen) atoms. The molecule has 0 aliphatic heterocycles. The number of guanidine groups is 1. The Kier molecular flexibility index (Phi) is 6.84. The lowest BCUT2D eigenvalue weighted by molar-refractivity contribution is -0.140. The maximum absolute atomic E-state index is 12.6. The Morgan fingerprint density at radius 2 is 2.08 bits per heavy atom. The van der Waals surface area contributed by atoms with E-state index in [0.29, 0.717) is 17.5 Å². The average Bonchev–Trinajstić information content (AvgIpc) is 3.08. The summed E-state index contributed by atoms with van der Waals surface area (Å²) >= 11 is 0.965. The number of nitrogens with zero attached hydrogens (tertiary/aromatic N) is 2. The number of nitrogens with one attached hydrogen (secondary N) is 2. The normalized spacial score (nSPS) is 12.2. The number of aryl methyl sites for hydroxylation is 1. The summed E-state index contributed by atoms with van der Waals surface area (Å²) in [5.41, 5.74) is 1.32. The number of aliphatic imine (C=N–C) groups is 1. The van der Waals surface area contributed by atoms with E-state index >= 15 is 0 Å². The van der Waals surface area contributed by atoms with Crippen LogP contribution in [0.25, 0.3) is 0 Å². The second kappa shape index (κ2) is 8.88. The number of benzene rings is 1. The fourth-order valence-electron chi connectivity index (χ4n) is 2.25. The van der Waals surface area contributed by atoms with Crippen molar-refractivity contribution in [3.63, 3.8) is 0 Å². The molecule has 0 fully saturated rings. The molecule has 0 bridgehead atoms. The molecule has 0 atom stereocenters.